The molecule has 3 aromatic rings. The summed E-state index contributed by atoms with van der Waals surface area (Å²) in [7, 11) is 3.24. The predicted molar refractivity (Wildman–Crippen MR) is 117 cm³/mol. The fraction of sp³-hybridized carbons (Fsp3) is 0.391. The minimum Gasteiger partial charge on any atom is -0.497 e. The Kier molecular flexibility index (Phi) is 5.79. The number of anilines is 1. The van der Waals surface area contributed by atoms with Crippen LogP contribution in [0.15, 0.2) is 36.4 Å². The van der Waals surface area contributed by atoms with Crippen molar-refractivity contribution in [3.8, 4) is 11.5 Å². The number of methoxy groups -OCH3 is 2. The van der Waals surface area contributed by atoms with E-state index < -0.39 is 0 Å². The number of fused-ring (bicyclic) bond motifs is 1. The number of aromatic amines is 1. The van der Waals surface area contributed by atoms with Crippen LogP contribution in [0.3, 0.4) is 0 Å². The van der Waals surface area contributed by atoms with Crippen LogP contribution in [0.4, 0.5) is 5.95 Å². The fourth-order valence-corrected chi connectivity index (χ4v) is 3.97. The minimum atomic E-state index is -0.0714. The quantitative estimate of drug-likeness (QED) is 0.653. The maximum atomic E-state index is 12.9. The van der Waals surface area contributed by atoms with E-state index >= 15 is 0 Å². The molecule has 1 atom stereocenters. The second kappa shape index (κ2) is 8.65. The van der Waals surface area contributed by atoms with E-state index in [1.807, 2.05) is 24.3 Å². The van der Waals surface area contributed by atoms with Crippen molar-refractivity contribution in [3.05, 3.63) is 47.5 Å². The lowest BCUT2D eigenvalue weighted by molar-refractivity contribution is -0.125. The van der Waals surface area contributed by atoms with Crippen molar-refractivity contribution in [2.24, 2.45) is 5.92 Å². The number of hydrogen-bond donors (Lipinski definition) is 2. The summed E-state index contributed by atoms with van der Waals surface area (Å²) in [5, 5.41) is 3.07. The Hall–Kier alpha value is -3.22. The van der Waals surface area contributed by atoms with Crippen LogP contribution in [0, 0.1) is 12.8 Å². The van der Waals surface area contributed by atoms with E-state index in [0.29, 0.717) is 18.8 Å². The van der Waals surface area contributed by atoms with Gasteiger partial charge in [0.25, 0.3) is 0 Å². The van der Waals surface area contributed by atoms with Crippen LogP contribution < -0.4 is 19.7 Å². The first-order valence-electron chi connectivity index (χ1n) is 10.3. The number of benzene rings is 2. The van der Waals surface area contributed by atoms with E-state index in [1.54, 1.807) is 14.2 Å². The van der Waals surface area contributed by atoms with E-state index in [9.17, 15) is 4.79 Å². The number of nitrogens with one attached hydrogen (secondary N) is 2. The van der Waals surface area contributed by atoms with Gasteiger partial charge in [0.05, 0.1) is 31.2 Å². The lowest BCUT2D eigenvalue weighted by atomic mass is 9.97. The van der Waals surface area contributed by atoms with Gasteiger partial charge in [-0.1, -0.05) is 6.07 Å². The zero-order valence-electron chi connectivity index (χ0n) is 17.7. The molecule has 0 spiro atoms. The Balaban J connectivity index is 1.41. The van der Waals surface area contributed by atoms with Crippen molar-refractivity contribution in [3.63, 3.8) is 0 Å². The molecule has 1 aliphatic heterocycles. The van der Waals surface area contributed by atoms with Gasteiger partial charge in [-0.3, -0.25) is 4.79 Å². The third-order valence-electron chi connectivity index (χ3n) is 5.66. The molecule has 30 heavy (non-hydrogen) atoms. The molecule has 1 aliphatic rings. The van der Waals surface area contributed by atoms with Gasteiger partial charge in [-0.05, 0) is 49.6 Å². The number of ether oxygens (including phenoxy) is 2. The van der Waals surface area contributed by atoms with Gasteiger partial charge >= 0.3 is 0 Å². The summed E-state index contributed by atoms with van der Waals surface area (Å²) in [6.45, 7) is 4.05. The van der Waals surface area contributed by atoms with Crippen molar-refractivity contribution in [1.29, 1.82) is 0 Å². The number of nitrogens with zero attached hydrogens (tertiary/aromatic N) is 2. The largest absolute Gasteiger partial charge is 0.497 e. The zero-order valence-corrected chi connectivity index (χ0v) is 17.7. The van der Waals surface area contributed by atoms with Gasteiger partial charge in [0.15, 0.2) is 0 Å². The molecule has 7 nitrogen and oxygen atoms in total. The number of hydrogen-bond acceptors (Lipinski definition) is 5. The van der Waals surface area contributed by atoms with E-state index in [-0.39, 0.29) is 11.8 Å². The van der Waals surface area contributed by atoms with Crippen LogP contribution in [0.25, 0.3) is 11.0 Å². The van der Waals surface area contributed by atoms with Crippen LogP contribution in [-0.2, 0) is 11.3 Å². The van der Waals surface area contributed by atoms with Crippen LogP contribution in [0.2, 0.25) is 0 Å². The highest BCUT2D eigenvalue weighted by atomic mass is 16.5. The Morgan fingerprint density at radius 1 is 1.23 bits per heavy atom. The van der Waals surface area contributed by atoms with Gasteiger partial charge in [-0.2, -0.15) is 0 Å². The highest BCUT2D eigenvalue weighted by Gasteiger charge is 2.27. The Morgan fingerprint density at radius 2 is 2.10 bits per heavy atom. The van der Waals surface area contributed by atoms with Gasteiger partial charge in [0.1, 0.15) is 11.5 Å². The Labute approximate surface area is 176 Å². The molecule has 7 heteroatoms. The normalized spacial score (nSPS) is 16.5. The van der Waals surface area contributed by atoms with Crippen LogP contribution in [-0.4, -0.2) is 43.2 Å². The van der Waals surface area contributed by atoms with Crippen LogP contribution in [0.5, 0.6) is 11.5 Å². The predicted octanol–water partition coefficient (Wildman–Crippen LogP) is 3.42. The summed E-state index contributed by atoms with van der Waals surface area (Å²) in [4.78, 5) is 23.1. The van der Waals surface area contributed by atoms with Gasteiger partial charge in [-0.15, -0.1) is 0 Å². The first kappa shape index (κ1) is 20.1. The van der Waals surface area contributed by atoms with Crippen molar-refractivity contribution in [1.82, 2.24) is 15.3 Å². The van der Waals surface area contributed by atoms with Crippen molar-refractivity contribution >= 4 is 22.9 Å². The van der Waals surface area contributed by atoms with Gasteiger partial charge in [0, 0.05) is 31.3 Å². The average Bonchev–Trinajstić information content (AvgIpc) is 3.20. The van der Waals surface area contributed by atoms with Gasteiger partial charge in [-0.25, -0.2) is 4.98 Å². The second-order valence-electron chi connectivity index (χ2n) is 7.76. The van der Waals surface area contributed by atoms with Gasteiger partial charge < -0.3 is 24.7 Å². The molecule has 158 valence electrons. The number of amides is 1. The first-order chi connectivity index (χ1) is 14.6. The van der Waals surface area contributed by atoms with Gasteiger partial charge in [0.2, 0.25) is 11.9 Å². The van der Waals surface area contributed by atoms with E-state index in [1.165, 1.54) is 5.56 Å². The zero-order chi connectivity index (χ0) is 21.1. The third kappa shape index (κ3) is 4.20. The molecule has 4 rings (SSSR count). The highest BCUT2D eigenvalue weighted by Crippen LogP contribution is 2.26. The molecular formula is C23H28N4O3. The summed E-state index contributed by atoms with van der Waals surface area (Å²) >= 11 is 0. The number of H-pyrrole nitrogens is 1. The monoisotopic (exact) mass is 408 g/mol. The molecule has 2 heterocycles. The summed E-state index contributed by atoms with van der Waals surface area (Å²) in [5.41, 5.74) is 4.10. The molecule has 2 N–H and O–H groups in total. The molecule has 1 aromatic heterocycles. The Morgan fingerprint density at radius 3 is 2.90 bits per heavy atom. The van der Waals surface area contributed by atoms with E-state index in [0.717, 1.165) is 47.7 Å². The number of piperidine rings is 1. The van der Waals surface area contributed by atoms with Crippen LogP contribution in [0.1, 0.15) is 24.0 Å². The number of aryl methyl sites for hydroxylation is 1. The van der Waals surface area contributed by atoms with Crippen LogP contribution >= 0.6 is 0 Å². The highest BCUT2D eigenvalue weighted by molar-refractivity contribution is 5.80. The molecule has 0 radical (unpaired) electrons. The molecule has 0 aliphatic carbocycles. The summed E-state index contributed by atoms with van der Waals surface area (Å²) in [6, 6.07) is 11.8. The summed E-state index contributed by atoms with van der Waals surface area (Å²) < 4.78 is 10.7. The number of imidazole rings is 1. The molecule has 1 saturated heterocycles. The smallest absolute Gasteiger partial charge is 0.225 e. The van der Waals surface area contributed by atoms with E-state index in [4.69, 9.17) is 14.5 Å². The standard InChI is InChI=1S/C23H28N4O3/c1-15-6-9-19-20(11-15)26-23(25-19)27-10-4-5-17(14-27)22(28)24-13-16-7-8-18(29-2)12-21(16)30-3/h6-9,11-12,17H,4-5,10,13-14H2,1-3H3,(H,24,28)(H,25,26)/t17-/m1/s1. The molecule has 1 fully saturated rings. The minimum absolute atomic E-state index is 0.0597. The second-order valence-corrected chi connectivity index (χ2v) is 7.76. The van der Waals surface area contributed by atoms with Crippen molar-refractivity contribution in [2.75, 3.05) is 32.2 Å². The van der Waals surface area contributed by atoms with E-state index in [2.05, 4.69) is 34.3 Å². The molecule has 1 amide bonds. The maximum absolute atomic E-state index is 12.9. The number of rotatable bonds is 6. The Bertz CT molecular complexity index is 1050. The topological polar surface area (TPSA) is 79.5 Å². The summed E-state index contributed by atoms with van der Waals surface area (Å²) in [6.07, 6.45) is 1.83. The lowest BCUT2D eigenvalue weighted by Crippen LogP contribution is -2.43. The average molecular weight is 409 g/mol. The molecule has 2 aromatic carbocycles. The summed E-state index contributed by atoms with van der Waals surface area (Å²) in [5.74, 6) is 2.26. The fourth-order valence-electron chi connectivity index (χ4n) is 3.97. The number of aromatic nitrogens is 2. The molecule has 0 bridgehead atoms. The SMILES string of the molecule is COc1ccc(CNC(=O)[C@@H]2CCCN(c3nc4ccc(C)cc4[nH]3)C2)c(OC)c1. The third-order valence-corrected chi connectivity index (χ3v) is 5.66. The first-order valence-corrected chi connectivity index (χ1v) is 10.3. The maximum Gasteiger partial charge on any atom is 0.225 e. The number of carbonyl (C=O) groups excluding carboxylic acids is 1. The molecule has 0 saturated carbocycles. The number of carbonyl (C=O) groups is 1. The lowest BCUT2D eigenvalue weighted by Gasteiger charge is -2.31. The van der Waals surface area contributed by atoms with Crippen molar-refractivity contribution < 1.29 is 14.3 Å². The van der Waals surface area contributed by atoms with Crippen molar-refractivity contribution in [2.45, 2.75) is 26.3 Å². The molecule has 0 unspecified atom stereocenters. The molecular weight excluding hydrogens is 380 g/mol.